The Morgan fingerprint density at radius 1 is 1.03 bits per heavy atom. The van der Waals surface area contributed by atoms with E-state index in [1.54, 1.807) is 47.3 Å². The molecule has 2 aromatic heterocycles. The molecular formula is C24H26FN5O3S. The lowest BCUT2D eigenvalue weighted by Gasteiger charge is -2.16. The first-order valence-electron chi connectivity index (χ1n) is 10.8. The van der Waals surface area contributed by atoms with Crippen molar-refractivity contribution in [1.82, 2.24) is 23.9 Å². The molecule has 178 valence electrons. The van der Waals surface area contributed by atoms with E-state index in [4.69, 9.17) is 4.74 Å². The molecule has 8 nitrogen and oxygen atoms in total. The lowest BCUT2D eigenvalue weighted by molar-refractivity contribution is 0.289. The summed E-state index contributed by atoms with van der Waals surface area (Å²) in [7, 11) is -2.16. The quantitative estimate of drug-likeness (QED) is 0.304. The Labute approximate surface area is 198 Å². The number of rotatable bonds is 11. The summed E-state index contributed by atoms with van der Waals surface area (Å²) in [6.45, 7) is 0.665. The first kappa shape index (κ1) is 23.7. The Balaban J connectivity index is 1.39. The maximum atomic E-state index is 13.0. The van der Waals surface area contributed by atoms with E-state index >= 15 is 0 Å². The Morgan fingerprint density at radius 2 is 1.74 bits per heavy atom. The molecule has 34 heavy (non-hydrogen) atoms. The summed E-state index contributed by atoms with van der Waals surface area (Å²) in [6, 6.07) is 17.9. The van der Waals surface area contributed by atoms with Crippen LogP contribution in [0.3, 0.4) is 0 Å². The maximum absolute atomic E-state index is 13.0. The largest absolute Gasteiger partial charge is 0.493 e. The number of aromatic nitrogens is 4. The number of hydrogen-bond donors (Lipinski definition) is 0. The van der Waals surface area contributed by atoms with Gasteiger partial charge in [-0.3, -0.25) is 4.39 Å². The molecular weight excluding hydrogens is 457 g/mol. The molecule has 0 spiro atoms. The van der Waals surface area contributed by atoms with Gasteiger partial charge in [0.2, 0.25) is 10.0 Å². The zero-order valence-corrected chi connectivity index (χ0v) is 19.6. The molecule has 4 rings (SSSR count). The second-order valence-electron chi connectivity index (χ2n) is 7.80. The van der Waals surface area contributed by atoms with Gasteiger partial charge in [0.25, 0.3) is 0 Å². The Bertz CT molecular complexity index is 1290. The van der Waals surface area contributed by atoms with Crippen LogP contribution in [0.5, 0.6) is 5.75 Å². The molecule has 10 heteroatoms. The summed E-state index contributed by atoms with van der Waals surface area (Å²) in [6.07, 6.45) is 5.96. The fourth-order valence-corrected chi connectivity index (χ4v) is 4.53. The summed E-state index contributed by atoms with van der Waals surface area (Å²) in [5.74, 6) is 0.641. The van der Waals surface area contributed by atoms with Gasteiger partial charge in [0.15, 0.2) is 0 Å². The molecule has 2 heterocycles. The van der Waals surface area contributed by atoms with Crippen LogP contribution in [0, 0.1) is 0 Å². The molecule has 0 aliphatic heterocycles. The highest BCUT2D eigenvalue weighted by Crippen LogP contribution is 2.19. The van der Waals surface area contributed by atoms with Gasteiger partial charge in [0.05, 0.1) is 42.3 Å². The van der Waals surface area contributed by atoms with Crippen molar-refractivity contribution in [3.05, 3.63) is 90.5 Å². The predicted octanol–water partition coefficient (Wildman–Crippen LogP) is 3.68. The SMILES string of the molecule is CN(Cc1cn(-c2ccc(OCCCF)cc2)nn1)S(=O)(=O)c1ccc(Cn2cccc2)cc1. The van der Waals surface area contributed by atoms with Crippen molar-refractivity contribution in [2.24, 2.45) is 0 Å². The van der Waals surface area contributed by atoms with Crippen LogP contribution < -0.4 is 4.74 Å². The van der Waals surface area contributed by atoms with E-state index in [2.05, 4.69) is 10.3 Å². The van der Waals surface area contributed by atoms with Crippen LogP contribution >= 0.6 is 0 Å². The summed E-state index contributed by atoms with van der Waals surface area (Å²) < 4.78 is 48.5. The number of alkyl halides is 1. The van der Waals surface area contributed by atoms with Gasteiger partial charge in [0, 0.05) is 32.4 Å². The average molecular weight is 484 g/mol. The van der Waals surface area contributed by atoms with Crippen molar-refractivity contribution in [3.63, 3.8) is 0 Å². The van der Waals surface area contributed by atoms with Crippen LogP contribution in [-0.2, 0) is 23.1 Å². The van der Waals surface area contributed by atoms with Crippen LogP contribution in [0.25, 0.3) is 5.69 Å². The third-order valence-electron chi connectivity index (χ3n) is 5.24. The summed E-state index contributed by atoms with van der Waals surface area (Å²) in [5.41, 5.74) is 2.28. The molecule has 0 bridgehead atoms. The van der Waals surface area contributed by atoms with Gasteiger partial charge in [-0.15, -0.1) is 5.10 Å². The first-order valence-corrected chi connectivity index (χ1v) is 12.3. The number of halogens is 1. The zero-order valence-electron chi connectivity index (χ0n) is 18.8. The maximum Gasteiger partial charge on any atom is 0.243 e. The average Bonchev–Trinajstić information content (AvgIpc) is 3.52. The minimum absolute atomic E-state index is 0.0812. The predicted molar refractivity (Wildman–Crippen MR) is 126 cm³/mol. The van der Waals surface area contributed by atoms with Crippen molar-refractivity contribution in [2.45, 2.75) is 24.4 Å². The van der Waals surface area contributed by atoms with E-state index in [1.807, 2.05) is 41.2 Å². The third kappa shape index (κ3) is 5.70. The highest BCUT2D eigenvalue weighted by atomic mass is 32.2. The van der Waals surface area contributed by atoms with Crippen LogP contribution in [-0.4, -0.2) is 52.6 Å². The number of sulfonamides is 1. The monoisotopic (exact) mass is 483 g/mol. The van der Waals surface area contributed by atoms with Crippen LogP contribution in [0.4, 0.5) is 4.39 Å². The Hall–Kier alpha value is -3.50. The fraction of sp³-hybridized carbons (Fsp3) is 0.250. The molecule has 0 atom stereocenters. The summed E-state index contributed by atoms with van der Waals surface area (Å²) in [5, 5.41) is 8.21. The van der Waals surface area contributed by atoms with Gasteiger partial charge in [-0.25, -0.2) is 13.1 Å². The van der Waals surface area contributed by atoms with Crippen molar-refractivity contribution in [2.75, 3.05) is 20.3 Å². The van der Waals surface area contributed by atoms with Gasteiger partial charge in [-0.2, -0.15) is 4.31 Å². The van der Waals surface area contributed by atoms with E-state index in [0.29, 0.717) is 31.0 Å². The van der Waals surface area contributed by atoms with E-state index in [9.17, 15) is 12.8 Å². The van der Waals surface area contributed by atoms with Crippen molar-refractivity contribution in [1.29, 1.82) is 0 Å². The summed E-state index contributed by atoms with van der Waals surface area (Å²) in [4.78, 5) is 0.224. The molecule has 0 fully saturated rings. The van der Waals surface area contributed by atoms with E-state index in [-0.39, 0.29) is 11.4 Å². The zero-order chi connectivity index (χ0) is 24.0. The summed E-state index contributed by atoms with van der Waals surface area (Å²) >= 11 is 0. The minimum Gasteiger partial charge on any atom is -0.493 e. The molecule has 2 aromatic carbocycles. The van der Waals surface area contributed by atoms with E-state index in [1.165, 1.54) is 11.4 Å². The van der Waals surface area contributed by atoms with Gasteiger partial charge in [0.1, 0.15) is 5.75 Å². The normalized spacial score (nSPS) is 11.7. The molecule has 4 aromatic rings. The molecule has 0 amide bonds. The van der Waals surface area contributed by atoms with Gasteiger partial charge in [-0.1, -0.05) is 17.3 Å². The fourth-order valence-electron chi connectivity index (χ4n) is 3.38. The van der Waals surface area contributed by atoms with E-state index < -0.39 is 16.7 Å². The van der Waals surface area contributed by atoms with Gasteiger partial charge >= 0.3 is 0 Å². The van der Waals surface area contributed by atoms with Crippen molar-refractivity contribution in [3.8, 4) is 11.4 Å². The third-order valence-corrected chi connectivity index (χ3v) is 7.05. The molecule has 0 aliphatic carbocycles. The van der Waals surface area contributed by atoms with Gasteiger partial charge < -0.3 is 9.30 Å². The van der Waals surface area contributed by atoms with Gasteiger partial charge in [-0.05, 0) is 54.1 Å². The lowest BCUT2D eigenvalue weighted by atomic mass is 10.2. The minimum atomic E-state index is -3.68. The Kier molecular flexibility index (Phi) is 7.39. The van der Waals surface area contributed by atoms with Crippen molar-refractivity contribution < 1.29 is 17.5 Å². The highest BCUT2D eigenvalue weighted by Gasteiger charge is 2.22. The number of ether oxygens (including phenoxy) is 1. The highest BCUT2D eigenvalue weighted by molar-refractivity contribution is 7.89. The Morgan fingerprint density at radius 3 is 2.41 bits per heavy atom. The molecule has 0 saturated heterocycles. The first-order chi connectivity index (χ1) is 16.5. The second kappa shape index (κ2) is 10.6. The second-order valence-corrected chi connectivity index (χ2v) is 9.84. The smallest absolute Gasteiger partial charge is 0.243 e. The number of hydrogen-bond acceptors (Lipinski definition) is 5. The standard InChI is InChI=1S/C24H26FN5O3S/c1-28(34(31,32)24-11-5-20(6-12-24)17-29-14-2-3-15-29)18-21-19-30(27-26-21)22-7-9-23(10-8-22)33-16-4-13-25/h2-3,5-12,14-15,19H,4,13,16-18H2,1H3. The molecule has 0 radical (unpaired) electrons. The molecule has 0 saturated carbocycles. The molecule has 0 aliphatic rings. The number of benzene rings is 2. The van der Waals surface area contributed by atoms with Crippen LogP contribution in [0.2, 0.25) is 0 Å². The number of nitrogens with zero attached hydrogens (tertiary/aromatic N) is 5. The topological polar surface area (TPSA) is 82.2 Å². The molecule has 0 N–H and O–H groups in total. The lowest BCUT2D eigenvalue weighted by Crippen LogP contribution is -2.26. The van der Waals surface area contributed by atoms with E-state index in [0.717, 1.165) is 11.3 Å². The van der Waals surface area contributed by atoms with Crippen LogP contribution in [0.15, 0.2) is 84.1 Å². The van der Waals surface area contributed by atoms with Crippen molar-refractivity contribution >= 4 is 10.0 Å². The van der Waals surface area contributed by atoms with Crippen LogP contribution in [0.1, 0.15) is 17.7 Å². The molecule has 0 unspecified atom stereocenters.